The van der Waals surface area contributed by atoms with Crippen molar-refractivity contribution in [2.45, 2.75) is 0 Å². The van der Waals surface area contributed by atoms with Gasteiger partial charge < -0.3 is 11.6 Å². The van der Waals surface area contributed by atoms with Crippen LogP contribution < -0.4 is 18.9 Å². The molecule has 0 radical (unpaired) electrons. The number of halogens is 2. The third-order valence-corrected chi connectivity index (χ3v) is 1.52. The maximum Gasteiger partial charge on any atom is 1.00 e. The van der Waals surface area contributed by atoms with E-state index in [9.17, 15) is 18.4 Å². The Bertz CT molecular complexity index is 386. The Morgan fingerprint density at radius 2 is 1.27 bits per heavy atom. The van der Waals surface area contributed by atoms with E-state index >= 15 is 0 Å². The van der Waals surface area contributed by atoms with E-state index in [1.165, 1.54) is 0 Å². The van der Waals surface area contributed by atoms with Crippen molar-refractivity contribution >= 4 is 11.9 Å². The molecule has 7 heteroatoms. The van der Waals surface area contributed by atoms with Crippen molar-refractivity contribution in [3.63, 3.8) is 0 Å². The first-order chi connectivity index (χ1) is 6.43. The van der Waals surface area contributed by atoms with Gasteiger partial charge in [-0.2, -0.15) is 0 Å². The molecule has 2 N–H and O–H groups in total. The summed E-state index contributed by atoms with van der Waals surface area (Å²) in [5, 5.41) is 17.0. The molecule has 0 unspecified atom stereocenters. The molecule has 1 aromatic rings. The first-order valence-electron chi connectivity index (χ1n) is 3.39. The van der Waals surface area contributed by atoms with Gasteiger partial charge in [-0.15, -0.1) is 0 Å². The molecular weight excluding hydrogens is 205 g/mol. The Hall–Kier alpha value is -1.38. The van der Waals surface area contributed by atoms with Crippen LogP contribution in [0.2, 0.25) is 0 Å². The van der Waals surface area contributed by atoms with Crippen molar-refractivity contribution < 1.29 is 48.9 Å². The fourth-order valence-electron chi connectivity index (χ4n) is 0.901. The average Bonchev–Trinajstić information content (AvgIpc) is 2.08. The third-order valence-electron chi connectivity index (χ3n) is 1.52. The molecule has 15 heavy (non-hydrogen) atoms. The van der Waals surface area contributed by atoms with Gasteiger partial charge in [0.05, 0.1) is 11.1 Å². The van der Waals surface area contributed by atoms with Crippen molar-refractivity contribution in [1.82, 2.24) is 0 Å². The summed E-state index contributed by atoms with van der Waals surface area (Å²) < 4.78 is 25.1. The zero-order valence-corrected chi connectivity index (χ0v) is 7.62. The van der Waals surface area contributed by atoms with Gasteiger partial charge >= 0.3 is 30.8 Å². The van der Waals surface area contributed by atoms with E-state index in [4.69, 9.17) is 10.2 Å². The Kier molecular flexibility index (Phi) is 4.46. The van der Waals surface area contributed by atoms with Crippen LogP contribution in [0, 0.1) is 11.6 Å². The third kappa shape index (κ3) is 2.78. The summed E-state index contributed by atoms with van der Waals surface area (Å²) in [6.45, 7) is 0. The first-order valence-corrected chi connectivity index (χ1v) is 3.39. The van der Waals surface area contributed by atoms with Crippen molar-refractivity contribution in [2.24, 2.45) is 0 Å². The Morgan fingerprint density at radius 3 is 1.47 bits per heavy atom. The van der Waals surface area contributed by atoms with Gasteiger partial charge in [0, 0.05) is 0 Å². The summed E-state index contributed by atoms with van der Waals surface area (Å²) in [7, 11) is 0. The number of benzene rings is 1. The minimum Gasteiger partial charge on any atom is -1.00 e. The molecule has 0 amide bonds. The summed E-state index contributed by atoms with van der Waals surface area (Å²) >= 11 is 0. The molecule has 4 nitrogen and oxygen atoms in total. The van der Waals surface area contributed by atoms with Crippen LogP contribution in [0.3, 0.4) is 0 Å². The normalized spacial score (nSPS) is 9.20. The van der Waals surface area contributed by atoms with E-state index in [-0.39, 0.29) is 20.3 Å². The molecular formula is C8H5F2LiO4. The van der Waals surface area contributed by atoms with Crippen LogP contribution in [-0.4, -0.2) is 22.2 Å². The molecule has 0 spiro atoms. The maximum absolute atomic E-state index is 12.6. The van der Waals surface area contributed by atoms with Gasteiger partial charge in [-0.1, -0.05) is 0 Å². The van der Waals surface area contributed by atoms with Crippen LogP contribution >= 0.6 is 0 Å². The van der Waals surface area contributed by atoms with E-state index in [0.717, 1.165) is 0 Å². The molecule has 76 valence electrons. The van der Waals surface area contributed by atoms with Crippen LogP contribution in [0.1, 0.15) is 22.1 Å². The van der Waals surface area contributed by atoms with Gasteiger partial charge in [-0.3, -0.25) is 0 Å². The molecule has 1 rings (SSSR count). The van der Waals surface area contributed by atoms with Gasteiger partial charge in [0.25, 0.3) is 0 Å². The van der Waals surface area contributed by atoms with E-state index in [1.54, 1.807) is 0 Å². The largest absolute Gasteiger partial charge is 1.00 e. The van der Waals surface area contributed by atoms with Gasteiger partial charge in [0.15, 0.2) is 11.6 Å². The molecule has 0 aliphatic rings. The summed E-state index contributed by atoms with van der Waals surface area (Å²) in [6, 6.07) is 0.669. The maximum atomic E-state index is 12.6. The van der Waals surface area contributed by atoms with Crippen molar-refractivity contribution in [3.05, 3.63) is 34.9 Å². The van der Waals surface area contributed by atoms with Gasteiger partial charge in [0.2, 0.25) is 0 Å². The van der Waals surface area contributed by atoms with Crippen LogP contribution in [0.4, 0.5) is 8.78 Å². The fourth-order valence-corrected chi connectivity index (χ4v) is 0.901. The molecule has 0 heterocycles. The number of carboxylic acid groups (broad SMARTS) is 2. The quantitative estimate of drug-likeness (QED) is 0.581. The fraction of sp³-hybridized carbons (Fsp3) is 0. The van der Waals surface area contributed by atoms with E-state index in [2.05, 4.69) is 0 Å². The molecule has 0 aliphatic heterocycles. The van der Waals surface area contributed by atoms with E-state index in [0.29, 0.717) is 12.1 Å². The standard InChI is InChI=1S/C8H4F2O4.Li.H/c9-5-1-3(7(11)12)4(8(13)14)2-6(5)10;;/h1-2H,(H,11,12)(H,13,14);;/q;+1;-1. The zero-order valence-electron chi connectivity index (χ0n) is 8.62. The Labute approximate surface area is 96.2 Å². The van der Waals surface area contributed by atoms with Crippen LogP contribution in [0.15, 0.2) is 12.1 Å². The zero-order chi connectivity index (χ0) is 10.9. The van der Waals surface area contributed by atoms with Crippen LogP contribution in [0.5, 0.6) is 0 Å². The van der Waals surface area contributed by atoms with Crippen molar-refractivity contribution in [3.8, 4) is 0 Å². The number of aromatic carboxylic acids is 2. The number of carboxylic acids is 2. The van der Waals surface area contributed by atoms with E-state index < -0.39 is 34.7 Å². The first kappa shape index (κ1) is 13.6. The molecule has 0 saturated carbocycles. The summed E-state index contributed by atoms with van der Waals surface area (Å²) in [5.74, 6) is -6.04. The molecule has 0 aliphatic carbocycles. The molecule has 0 saturated heterocycles. The summed E-state index contributed by atoms with van der Waals surface area (Å²) in [6.07, 6.45) is 0. The molecule has 0 aromatic heterocycles. The smallest absolute Gasteiger partial charge is 1.00 e. The summed E-state index contributed by atoms with van der Waals surface area (Å²) in [4.78, 5) is 20.9. The predicted octanol–water partition coefficient (Wildman–Crippen LogP) is -1.52. The van der Waals surface area contributed by atoms with Crippen molar-refractivity contribution in [2.75, 3.05) is 0 Å². The van der Waals surface area contributed by atoms with Crippen LogP contribution in [-0.2, 0) is 0 Å². The minimum atomic E-state index is -1.62. The Morgan fingerprint density at radius 1 is 1.00 bits per heavy atom. The predicted molar refractivity (Wildman–Crippen MR) is 41.4 cm³/mol. The Balaban J connectivity index is 0. The second kappa shape index (κ2) is 4.91. The van der Waals surface area contributed by atoms with Gasteiger partial charge in [-0.25, -0.2) is 18.4 Å². The number of hydrogen-bond donors (Lipinski definition) is 2. The topological polar surface area (TPSA) is 74.6 Å². The summed E-state index contributed by atoms with van der Waals surface area (Å²) in [5.41, 5.74) is -1.56. The van der Waals surface area contributed by atoms with E-state index in [1.807, 2.05) is 0 Å². The van der Waals surface area contributed by atoms with Crippen molar-refractivity contribution in [1.29, 1.82) is 0 Å². The van der Waals surface area contributed by atoms with Gasteiger partial charge in [0.1, 0.15) is 0 Å². The second-order valence-electron chi connectivity index (χ2n) is 2.42. The molecule has 1 aromatic carbocycles. The number of rotatable bonds is 2. The average molecular weight is 210 g/mol. The monoisotopic (exact) mass is 210 g/mol. The minimum absolute atomic E-state index is 0. The number of hydrogen-bond acceptors (Lipinski definition) is 2. The second-order valence-corrected chi connectivity index (χ2v) is 2.42. The molecule has 0 bridgehead atoms. The number of carbonyl (C=O) groups is 2. The van der Waals surface area contributed by atoms with Crippen LogP contribution in [0.25, 0.3) is 0 Å². The SMILES string of the molecule is O=C(O)c1cc(F)c(F)cc1C(=O)O.[H-].[Li+]. The molecule has 0 fully saturated rings. The molecule has 0 atom stereocenters. The van der Waals surface area contributed by atoms with Gasteiger partial charge in [-0.05, 0) is 12.1 Å².